The molecule has 2 rings (SSSR count). The summed E-state index contributed by atoms with van der Waals surface area (Å²) >= 11 is 0. The first kappa shape index (κ1) is 8.86. The molecule has 13 heavy (non-hydrogen) atoms. The monoisotopic (exact) mass is 178 g/mol. The summed E-state index contributed by atoms with van der Waals surface area (Å²) in [5.74, 6) is 0.698. The first-order valence-electron chi connectivity index (χ1n) is 5.08. The Kier molecular flexibility index (Phi) is 1.98. The summed E-state index contributed by atoms with van der Waals surface area (Å²) < 4.78 is 5.34. The van der Waals surface area contributed by atoms with Crippen LogP contribution in [-0.4, -0.2) is 6.61 Å². The molecule has 0 fully saturated rings. The quantitative estimate of drug-likeness (QED) is 0.553. The second-order valence-corrected chi connectivity index (χ2v) is 5.11. The van der Waals surface area contributed by atoms with Crippen molar-refractivity contribution in [2.45, 2.75) is 33.6 Å². The van der Waals surface area contributed by atoms with E-state index in [2.05, 4.69) is 26.8 Å². The molecule has 2 aliphatic rings. The lowest BCUT2D eigenvalue weighted by molar-refractivity contribution is 0.215. The minimum atomic E-state index is 0.472. The van der Waals surface area contributed by atoms with Crippen LogP contribution < -0.4 is 0 Å². The van der Waals surface area contributed by atoms with Gasteiger partial charge >= 0.3 is 0 Å². The van der Waals surface area contributed by atoms with Gasteiger partial charge in [-0.05, 0) is 41.4 Å². The number of rotatable bonds is 0. The molecule has 1 unspecified atom stereocenters. The Morgan fingerprint density at radius 3 is 3.00 bits per heavy atom. The van der Waals surface area contributed by atoms with Gasteiger partial charge in [0.25, 0.3) is 0 Å². The van der Waals surface area contributed by atoms with E-state index in [0.29, 0.717) is 11.3 Å². The standard InChI is InChI=1S/C12H18O/c1-9-6-12(2,3)7-10-4-5-13-8-11(9)10/h4-5,9H,6-8H2,1-3H3. The second-order valence-electron chi connectivity index (χ2n) is 5.11. The third-order valence-corrected chi connectivity index (χ3v) is 3.14. The molecular weight excluding hydrogens is 160 g/mol. The highest BCUT2D eigenvalue weighted by Gasteiger charge is 2.31. The topological polar surface area (TPSA) is 9.23 Å². The van der Waals surface area contributed by atoms with Crippen molar-refractivity contribution in [3.05, 3.63) is 23.5 Å². The molecule has 1 atom stereocenters. The van der Waals surface area contributed by atoms with E-state index in [1.54, 1.807) is 0 Å². The highest BCUT2D eigenvalue weighted by atomic mass is 16.5. The smallest absolute Gasteiger partial charge is 0.109 e. The van der Waals surface area contributed by atoms with Crippen molar-refractivity contribution in [2.24, 2.45) is 11.3 Å². The fourth-order valence-corrected chi connectivity index (χ4v) is 2.64. The molecule has 72 valence electrons. The van der Waals surface area contributed by atoms with Crippen LogP contribution in [0.4, 0.5) is 0 Å². The van der Waals surface area contributed by atoms with Crippen LogP contribution in [0.25, 0.3) is 0 Å². The Balaban J connectivity index is 2.31. The van der Waals surface area contributed by atoms with Crippen LogP contribution in [0.15, 0.2) is 23.5 Å². The molecule has 0 saturated heterocycles. The molecule has 0 bridgehead atoms. The number of allylic oxidation sites excluding steroid dienone is 2. The SMILES string of the molecule is CC1CC(C)(C)CC2=C1COC=C2. The molecule has 0 aromatic rings. The van der Waals surface area contributed by atoms with Gasteiger partial charge in [-0.25, -0.2) is 0 Å². The van der Waals surface area contributed by atoms with E-state index in [1.165, 1.54) is 24.0 Å². The normalized spacial score (nSPS) is 31.2. The Bertz CT molecular complexity index is 271. The average Bonchev–Trinajstić information content (AvgIpc) is 2.02. The lowest BCUT2D eigenvalue weighted by Gasteiger charge is -2.37. The Morgan fingerprint density at radius 1 is 1.46 bits per heavy atom. The largest absolute Gasteiger partial charge is 0.497 e. The molecule has 0 aromatic carbocycles. The summed E-state index contributed by atoms with van der Waals surface area (Å²) in [4.78, 5) is 0. The van der Waals surface area contributed by atoms with Crippen molar-refractivity contribution in [2.75, 3.05) is 6.61 Å². The zero-order valence-electron chi connectivity index (χ0n) is 8.76. The molecule has 0 radical (unpaired) electrons. The maximum Gasteiger partial charge on any atom is 0.109 e. The van der Waals surface area contributed by atoms with Crippen LogP contribution in [0.2, 0.25) is 0 Å². The summed E-state index contributed by atoms with van der Waals surface area (Å²) in [5.41, 5.74) is 3.52. The first-order valence-corrected chi connectivity index (χ1v) is 5.08. The highest BCUT2D eigenvalue weighted by molar-refractivity contribution is 5.32. The van der Waals surface area contributed by atoms with Crippen molar-refractivity contribution >= 4 is 0 Å². The van der Waals surface area contributed by atoms with Gasteiger partial charge in [-0.3, -0.25) is 0 Å². The fourth-order valence-electron chi connectivity index (χ4n) is 2.64. The second kappa shape index (κ2) is 2.90. The summed E-state index contributed by atoms with van der Waals surface area (Å²) in [6.45, 7) is 7.86. The molecule has 0 N–H and O–H groups in total. The van der Waals surface area contributed by atoms with E-state index in [4.69, 9.17) is 4.74 Å². The number of hydrogen-bond acceptors (Lipinski definition) is 1. The Labute approximate surface area is 80.5 Å². The molecule has 0 spiro atoms. The maximum absolute atomic E-state index is 5.34. The van der Waals surface area contributed by atoms with Gasteiger partial charge in [0.1, 0.15) is 6.61 Å². The molecule has 0 saturated carbocycles. The van der Waals surface area contributed by atoms with Crippen molar-refractivity contribution < 1.29 is 4.74 Å². The van der Waals surface area contributed by atoms with Gasteiger partial charge in [0.2, 0.25) is 0 Å². The van der Waals surface area contributed by atoms with E-state index in [1.807, 2.05) is 6.26 Å². The van der Waals surface area contributed by atoms with Crippen LogP contribution in [0.5, 0.6) is 0 Å². The lowest BCUT2D eigenvalue weighted by atomic mass is 9.69. The van der Waals surface area contributed by atoms with Gasteiger partial charge in [0.05, 0.1) is 6.26 Å². The van der Waals surface area contributed by atoms with E-state index < -0.39 is 0 Å². The molecule has 1 aliphatic carbocycles. The van der Waals surface area contributed by atoms with E-state index in [0.717, 1.165) is 6.61 Å². The molecule has 0 amide bonds. The molecule has 1 aliphatic heterocycles. The zero-order chi connectivity index (χ0) is 9.47. The van der Waals surface area contributed by atoms with Crippen LogP contribution >= 0.6 is 0 Å². The third kappa shape index (κ3) is 1.65. The van der Waals surface area contributed by atoms with Crippen molar-refractivity contribution in [1.82, 2.24) is 0 Å². The summed E-state index contributed by atoms with van der Waals surface area (Å²) in [5, 5.41) is 0. The summed E-state index contributed by atoms with van der Waals surface area (Å²) in [6, 6.07) is 0. The molecular formula is C12H18O. The number of ether oxygens (including phenoxy) is 1. The third-order valence-electron chi connectivity index (χ3n) is 3.14. The maximum atomic E-state index is 5.34. The predicted octanol–water partition coefficient (Wildman–Crippen LogP) is 3.28. The Hall–Kier alpha value is -0.720. The summed E-state index contributed by atoms with van der Waals surface area (Å²) in [7, 11) is 0. The van der Waals surface area contributed by atoms with Crippen LogP contribution in [0.1, 0.15) is 33.6 Å². The highest BCUT2D eigenvalue weighted by Crippen LogP contribution is 2.43. The minimum Gasteiger partial charge on any atom is -0.497 e. The zero-order valence-corrected chi connectivity index (χ0v) is 8.76. The fraction of sp³-hybridized carbons (Fsp3) is 0.667. The van der Waals surface area contributed by atoms with Gasteiger partial charge in [-0.1, -0.05) is 20.8 Å². The van der Waals surface area contributed by atoms with E-state index in [9.17, 15) is 0 Å². The van der Waals surface area contributed by atoms with Gasteiger partial charge in [-0.2, -0.15) is 0 Å². The van der Waals surface area contributed by atoms with Crippen LogP contribution in [0, 0.1) is 11.3 Å². The van der Waals surface area contributed by atoms with E-state index >= 15 is 0 Å². The predicted molar refractivity (Wildman–Crippen MR) is 54.3 cm³/mol. The molecule has 0 aromatic heterocycles. The van der Waals surface area contributed by atoms with Crippen LogP contribution in [-0.2, 0) is 4.74 Å². The van der Waals surface area contributed by atoms with E-state index in [-0.39, 0.29) is 0 Å². The first-order chi connectivity index (χ1) is 6.08. The molecule has 1 heterocycles. The van der Waals surface area contributed by atoms with Gasteiger partial charge in [-0.15, -0.1) is 0 Å². The van der Waals surface area contributed by atoms with Crippen molar-refractivity contribution in [1.29, 1.82) is 0 Å². The van der Waals surface area contributed by atoms with Crippen molar-refractivity contribution in [3.8, 4) is 0 Å². The van der Waals surface area contributed by atoms with Gasteiger partial charge in [0, 0.05) is 0 Å². The summed E-state index contributed by atoms with van der Waals surface area (Å²) in [6.07, 6.45) is 6.50. The average molecular weight is 178 g/mol. The minimum absolute atomic E-state index is 0.472. The lowest BCUT2D eigenvalue weighted by Crippen LogP contribution is -2.26. The van der Waals surface area contributed by atoms with Crippen LogP contribution in [0.3, 0.4) is 0 Å². The number of hydrogen-bond donors (Lipinski definition) is 0. The van der Waals surface area contributed by atoms with Crippen molar-refractivity contribution in [3.63, 3.8) is 0 Å². The molecule has 1 heteroatoms. The van der Waals surface area contributed by atoms with Gasteiger partial charge in [0.15, 0.2) is 0 Å². The Morgan fingerprint density at radius 2 is 2.23 bits per heavy atom. The van der Waals surface area contributed by atoms with Gasteiger partial charge < -0.3 is 4.74 Å². The molecule has 1 nitrogen and oxygen atoms in total.